The standard InChI is InChI=1S/C26H26ClN6OPS/c1-19-24-26(33(29-19)20-9-4-3-5-10-20)28-25(23-13-8-18-36-23)31(2)35(24,32-14-16-34-17-15-32)30-22-12-7-6-11-21(22)27/h3-13,18H,14-17H2,1-2H3. The number of aryl methyl sites for hydroxylation is 1. The molecule has 4 heterocycles. The highest BCUT2D eigenvalue weighted by atomic mass is 35.5. The lowest BCUT2D eigenvalue weighted by Gasteiger charge is -2.46. The molecule has 1 saturated heterocycles. The van der Waals surface area contributed by atoms with Crippen LogP contribution in [0.4, 0.5) is 11.5 Å². The molecule has 0 radical (unpaired) electrons. The van der Waals surface area contributed by atoms with Gasteiger partial charge < -0.3 is 9.41 Å². The Kier molecular flexibility index (Phi) is 6.32. The van der Waals surface area contributed by atoms with Gasteiger partial charge in [-0.05, 0) is 42.6 Å². The summed E-state index contributed by atoms with van der Waals surface area (Å²) in [5.41, 5.74) is 2.67. The maximum Gasteiger partial charge on any atom is 0.170 e. The molecule has 10 heteroatoms. The molecule has 2 aliphatic rings. The third-order valence-corrected chi connectivity index (χ3v) is 11.5. The van der Waals surface area contributed by atoms with Crippen LogP contribution in [0.3, 0.4) is 0 Å². The fraction of sp³-hybridized carbons (Fsp3) is 0.231. The lowest BCUT2D eigenvalue weighted by Crippen LogP contribution is -2.45. The van der Waals surface area contributed by atoms with Gasteiger partial charge in [-0.15, -0.1) is 11.3 Å². The quantitative estimate of drug-likeness (QED) is 0.290. The van der Waals surface area contributed by atoms with E-state index in [2.05, 4.69) is 53.0 Å². The maximum absolute atomic E-state index is 6.71. The lowest BCUT2D eigenvalue weighted by atomic mass is 10.3. The van der Waals surface area contributed by atoms with Crippen LogP contribution in [0.25, 0.3) is 5.69 Å². The van der Waals surface area contributed by atoms with Gasteiger partial charge in [0.05, 0.1) is 45.5 Å². The van der Waals surface area contributed by atoms with Crippen LogP contribution in [0.5, 0.6) is 0 Å². The highest BCUT2D eigenvalue weighted by molar-refractivity contribution is 7.70. The zero-order chi connectivity index (χ0) is 24.7. The molecule has 2 aromatic carbocycles. The van der Waals surface area contributed by atoms with Crippen LogP contribution in [-0.4, -0.2) is 58.3 Å². The number of fused-ring (bicyclic) bond motifs is 1. The number of aliphatic imine (C=N–C) groups is 1. The van der Waals surface area contributed by atoms with E-state index in [-0.39, 0.29) is 0 Å². The highest BCUT2D eigenvalue weighted by Gasteiger charge is 2.45. The molecule has 2 aliphatic heterocycles. The minimum Gasteiger partial charge on any atom is -0.379 e. The van der Waals surface area contributed by atoms with E-state index in [1.54, 1.807) is 11.3 Å². The summed E-state index contributed by atoms with van der Waals surface area (Å²) < 4.78 is 18.1. The van der Waals surface area contributed by atoms with Crippen LogP contribution < -0.4 is 5.30 Å². The van der Waals surface area contributed by atoms with Crippen molar-refractivity contribution in [2.45, 2.75) is 6.92 Å². The number of aromatic nitrogens is 2. The van der Waals surface area contributed by atoms with Crippen LogP contribution in [-0.2, 0) is 4.74 Å². The van der Waals surface area contributed by atoms with E-state index in [1.165, 1.54) is 0 Å². The van der Waals surface area contributed by atoms with Crippen LogP contribution in [0.15, 0.2) is 81.8 Å². The molecule has 0 amide bonds. The van der Waals surface area contributed by atoms with Crippen molar-refractivity contribution in [2.24, 2.45) is 9.74 Å². The van der Waals surface area contributed by atoms with E-state index < -0.39 is 7.36 Å². The fourth-order valence-corrected chi connectivity index (χ4v) is 9.69. The average Bonchev–Trinajstić information content (AvgIpc) is 3.56. The van der Waals surface area contributed by atoms with Crippen molar-refractivity contribution in [3.05, 3.63) is 87.7 Å². The van der Waals surface area contributed by atoms with Crippen LogP contribution >= 0.6 is 30.3 Å². The monoisotopic (exact) mass is 536 g/mol. The molecule has 1 fully saturated rings. The molecule has 0 aliphatic carbocycles. The van der Waals surface area contributed by atoms with E-state index in [4.69, 9.17) is 31.2 Å². The van der Waals surface area contributed by atoms with E-state index in [9.17, 15) is 0 Å². The van der Waals surface area contributed by atoms with Crippen molar-refractivity contribution < 1.29 is 4.74 Å². The number of hydrogen-bond donors (Lipinski definition) is 0. The molecule has 36 heavy (non-hydrogen) atoms. The number of ether oxygens (including phenoxy) is 1. The molecule has 7 nitrogen and oxygen atoms in total. The Morgan fingerprint density at radius 1 is 1.00 bits per heavy atom. The number of thiophene rings is 1. The van der Waals surface area contributed by atoms with E-state index in [1.807, 2.05) is 47.1 Å². The molecular formula is C26H26ClN6OPS. The smallest absolute Gasteiger partial charge is 0.170 e. The molecule has 1 atom stereocenters. The van der Waals surface area contributed by atoms with E-state index >= 15 is 0 Å². The number of halogens is 1. The number of benzene rings is 2. The zero-order valence-corrected chi connectivity index (χ0v) is 22.5. The van der Waals surface area contributed by atoms with Gasteiger partial charge in [0.25, 0.3) is 0 Å². The Morgan fingerprint density at radius 2 is 1.75 bits per heavy atom. The van der Waals surface area contributed by atoms with Gasteiger partial charge >= 0.3 is 0 Å². The third kappa shape index (κ3) is 3.85. The van der Waals surface area contributed by atoms with Crippen molar-refractivity contribution in [3.63, 3.8) is 0 Å². The molecule has 6 rings (SSSR count). The molecule has 0 saturated carbocycles. The Morgan fingerprint density at radius 3 is 2.47 bits per heavy atom. The topological polar surface area (TPSA) is 58.3 Å². The van der Waals surface area contributed by atoms with Gasteiger partial charge in [0.2, 0.25) is 0 Å². The Hall–Kier alpha value is -2.74. The molecule has 0 bridgehead atoms. The molecule has 2 aromatic heterocycles. The second-order valence-electron chi connectivity index (χ2n) is 8.63. The van der Waals surface area contributed by atoms with Crippen molar-refractivity contribution in [3.8, 4) is 5.69 Å². The fourth-order valence-electron chi connectivity index (χ4n) is 4.81. The summed E-state index contributed by atoms with van der Waals surface area (Å²) in [7, 11) is -0.495. The first-order valence-electron chi connectivity index (χ1n) is 11.8. The number of hydrogen-bond acceptors (Lipinski definition) is 5. The minimum atomic E-state index is -2.61. The normalized spacial score (nSPS) is 20.2. The summed E-state index contributed by atoms with van der Waals surface area (Å²) in [6.45, 7) is 4.90. The first-order valence-corrected chi connectivity index (χ1v) is 14.7. The van der Waals surface area contributed by atoms with Crippen molar-refractivity contribution in [1.82, 2.24) is 19.1 Å². The number of rotatable bonds is 4. The molecule has 184 valence electrons. The van der Waals surface area contributed by atoms with Gasteiger partial charge in [0.1, 0.15) is 0 Å². The van der Waals surface area contributed by atoms with Gasteiger partial charge in [-0.1, -0.05) is 48.0 Å². The van der Waals surface area contributed by atoms with Crippen LogP contribution in [0.2, 0.25) is 5.02 Å². The predicted octanol–water partition coefficient (Wildman–Crippen LogP) is 6.24. The minimum absolute atomic E-state index is 0.633. The second-order valence-corrected chi connectivity index (χ2v) is 12.9. The Bertz CT molecular complexity index is 1480. The number of amidine groups is 1. The van der Waals surface area contributed by atoms with Gasteiger partial charge in [-0.3, -0.25) is 0 Å². The summed E-state index contributed by atoms with van der Waals surface area (Å²) in [5.74, 6) is 1.72. The molecule has 0 spiro atoms. The first kappa shape index (κ1) is 23.6. The highest BCUT2D eigenvalue weighted by Crippen LogP contribution is 2.62. The van der Waals surface area contributed by atoms with Gasteiger partial charge in [0.15, 0.2) is 19.0 Å². The molecule has 0 N–H and O–H groups in total. The predicted molar refractivity (Wildman–Crippen MR) is 149 cm³/mol. The Labute approximate surface area is 219 Å². The van der Waals surface area contributed by atoms with Crippen LogP contribution in [0, 0.1) is 6.92 Å². The largest absolute Gasteiger partial charge is 0.379 e. The average molecular weight is 537 g/mol. The maximum atomic E-state index is 6.71. The number of morpholine rings is 1. The zero-order valence-electron chi connectivity index (χ0n) is 20.1. The lowest BCUT2D eigenvalue weighted by molar-refractivity contribution is 0.0732. The Balaban J connectivity index is 1.72. The van der Waals surface area contributed by atoms with Crippen molar-refractivity contribution >= 4 is 52.9 Å². The molecule has 4 aromatic rings. The summed E-state index contributed by atoms with van der Waals surface area (Å²) in [6.07, 6.45) is 0. The van der Waals surface area contributed by atoms with Gasteiger partial charge in [0, 0.05) is 20.1 Å². The van der Waals surface area contributed by atoms with E-state index in [0.717, 1.165) is 52.0 Å². The summed E-state index contributed by atoms with van der Waals surface area (Å²) in [6, 6.07) is 22.2. The summed E-state index contributed by atoms with van der Waals surface area (Å²) in [4.78, 5) is 6.34. The molecular weight excluding hydrogens is 511 g/mol. The third-order valence-electron chi connectivity index (χ3n) is 6.47. The summed E-state index contributed by atoms with van der Waals surface area (Å²) >= 11 is 8.39. The number of para-hydroxylation sites is 1. The summed E-state index contributed by atoms with van der Waals surface area (Å²) in [5, 5.41) is 8.81. The van der Waals surface area contributed by atoms with Gasteiger partial charge in [-0.25, -0.2) is 19.1 Å². The van der Waals surface area contributed by atoms with Gasteiger partial charge in [-0.2, -0.15) is 5.10 Å². The number of nitrogens with zero attached hydrogens (tertiary/aromatic N) is 6. The van der Waals surface area contributed by atoms with Crippen molar-refractivity contribution in [2.75, 3.05) is 33.4 Å². The SMILES string of the molecule is Cc1nn(-c2ccccc2)c2c1P(=Nc1ccccc1Cl)(N1CCOCC1)N(C)C(c1cccs1)=N2. The van der Waals surface area contributed by atoms with E-state index in [0.29, 0.717) is 18.2 Å². The second kappa shape index (κ2) is 9.61. The molecule has 1 unspecified atom stereocenters. The van der Waals surface area contributed by atoms with Crippen molar-refractivity contribution in [1.29, 1.82) is 0 Å². The first-order chi connectivity index (χ1) is 17.6. The van der Waals surface area contributed by atoms with Crippen LogP contribution in [0.1, 0.15) is 10.6 Å².